The molecule has 2 N–H and O–H groups in total. The van der Waals surface area contributed by atoms with Gasteiger partial charge in [-0.1, -0.05) is 0 Å². The molecule has 0 aromatic carbocycles. The molecule has 0 aliphatic carbocycles. The molecule has 86 valence electrons. The fraction of sp³-hybridized carbons (Fsp3) is 0.625. The first-order chi connectivity index (χ1) is 6.83. The molecule has 7 heteroatoms. The second-order valence-corrected chi connectivity index (χ2v) is 7.07. The lowest BCUT2D eigenvalue weighted by atomic mass is 10.6. The van der Waals surface area contributed by atoms with Crippen LogP contribution in [0.2, 0.25) is 0 Å². The average Bonchev–Trinajstić information content (AvgIpc) is 2.43. The maximum atomic E-state index is 11.5. The fourth-order valence-electron chi connectivity index (χ4n) is 0.983. The molecule has 0 unspecified atom stereocenters. The number of hydrogen-bond donors (Lipinski definition) is 1. The second-order valence-electron chi connectivity index (χ2n) is 3.54. The molecule has 0 fully saturated rings. The summed E-state index contributed by atoms with van der Waals surface area (Å²) in [5, 5.41) is 3.60. The van der Waals surface area contributed by atoms with Gasteiger partial charge in [0.05, 0.1) is 22.0 Å². The Morgan fingerprint density at radius 3 is 2.60 bits per heavy atom. The molecule has 15 heavy (non-hydrogen) atoms. The lowest BCUT2D eigenvalue weighted by Crippen LogP contribution is -2.21. The molecule has 0 aliphatic heterocycles. The minimum atomic E-state index is -3.02. The first-order valence-corrected chi connectivity index (χ1v) is 7.04. The molecule has 0 amide bonds. The zero-order valence-corrected chi connectivity index (χ0v) is 11.0. The van der Waals surface area contributed by atoms with Crippen LogP contribution in [-0.4, -0.2) is 29.2 Å². The molecule has 0 spiro atoms. The Morgan fingerprint density at radius 2 is 2.20 bits per heavy atom. The first kappa shape index (κ1) is 12.5. The summed E-state index contributed by atoms with van der Waals surface area (Å²) in [6.45, 7) is 3.67. The van der Waals surface area contributed by atoms with Crippen molar-refractivity contribution >= 4 is 31.6 Å². The van der Waals surface area contributed by atoms with Crippen molar-refractivity contribution in [2.45, 2.75) is 25.6 Å². The summed E-state index contributed by atoms with van der Waals surface area (Å²) in [6.07, 6.45) is 1.67. The van der Waals surface area contributed by atoms with Gasteiger partial charge in [-0.25, -0.2) is 8.42 Å². The molecule has 1 aromatic rings. The van der Waals surface area contributed by atoms with E-state index in [4.69, 9.17) is 5.73 Å². The molecule has 0 radical (unpaired) electrons. The predicted molar refractivity (Wildman–Crippen MR) is 63.3 cm³/mol. The molecule has 0 saturated heterocycles. The number of anilines is 1. The van der Waals surface area contributed by atoms with Crippen LogP contribution in [0.15, 0.2) is 10.7 Å². The van der Waals surface area contributed by atoms with Crippen molar-refractivity contribution in [1.82, 2.24) is 9.78 Å². The van der Waals surface area contributed by atoms with Gasteiger partial charge >= 0.3 is 0 Å². The topological polar surface area (TPSA) is 78.0 Å². The van der Waals surface area contributed by atoms with E-state index in [2.05, 4.69) is 21.0 Å². The number of hydrogen-bond acceptors (Lipinski definition) is 4. The molecule has 0 atom stereocenters. The van der Waals surface area contributed by atoms with E-state index in [1.54, 1.807) is 20.0 Å². The van der Waals surface area contributed by atoms with Gasteiger partial charge in [-0.3, -0.25) is 4.68 Å². The monoisotopic (exact) mass is 295 g/mol. The highest BCUT2D eigenvalue weighted by Gasteiger charge is 2.16. The summed E-state index contributed by atoms with van der Waals surface area (Å²) in [4.78, 5) is 0. The van der Waals surface area contributed by atoms with Crippen LogP contribution in [0.3, 0.4) is 0 Å². The molecule has 5 nitrogen and oxygen atoms in total. The van der Waals surface area contributed by atoms with Crippen molar-refractivity contribution in [3.8, 4) is 0 Å². The van der Waals surface area contributed by atoms with E-state index in [0.29, 0.717) is 16.8 Å². The van der Waals surface area contributed by atoms with Crippen LogP contribution < -0.4 is 5.73 Å². The van der Waals surface area contributed by atoms with E-state index in [0.717, 1.165) is 0 Å². The molecule has 1 rings (SSSR count). The van der Waals surface area contributed by atoms with E-state index in [1.807, 2.05) is 0 Å². The van der Waals surface area contributed by atoms with Gasteiger partial charge < -0.3 is 5.73 Å². The Labute approximate surface area is 97.7 Å². The third kappa shape index (κ3) is 3.20. The number of rotatable bonds is 4. The van der Waals surface area contributed by atoms with Gasteiger partial charge in [0.1, 0.15) is 0 Å². The van der Waals surface area contributed by atoms with E-state index in [1.165, 1.54) is 4.68 Å². The van der Waals surface area contributed by atoms with Crippen LogP contribution in [-0.2, 0) is 16.4 Å². The second kappa shape index (κ2) is 4.52. The van der Waals surface area contributed by atoms with Crippen molar-refractivity contribution in [3.05, 3.63) is 10.7 Å². The Bertz CT molecular complexity index is 419. The summed E-state index contributed by atoms with van der Waals surface area (Å²) in [6, 6.07) is 0. The molecule has 1 heterocycles. The van der Waals surface area contributed by atoms with Crippen molar-refractivity contribution in [2.24, 2.45) is 0 Å². The van der Waals surface area contributed by atoms with E-state index in [9.17, 15) is 8.42 Å². The highest BCUT2D eigenvalue weighted by molar-refractivity contribution is 9.10. The van der Waals surface area contributed by atoms with Crippen LogP contribution in [0.25, 0.3) is 0 Å². The number of aromatic nitrogens is 2. The normalized spacial score (nSPS) is 12.3. The Morgan fingerprint density at radius 1 is 1.60 bits per heavy atom. The average molecular weight is 296 g/mol. The molecular formula is C8H14BrN3O2S. The predicted octanol–water partition coefficient (Wildman–Crippen LogP) is 1.05. The van der Waals surface area contributed by atoms with E-state index < -0.39 is 9.84 Å². The van der Waals surface area contributed by atoms with Gasteiger partial charge in [0.15, 0.2) is 15.7 Å². The van der Waals surface area contributed by atoms with E-state index in [-0.39, 0.29) is 11.0 Å². The largest absolute Gasteiger partial charge is 0.381 e. The van der Waals surface area contributed by atoms with Crippen molar-refractivity contribution in [2.75, 3.05) is 11.5 Å². The van der Waals surface area contributed by atoms with Gasteiger partial charge in [0, 0.05) is 6.20 Å². The molecule has 0 bridgehead atoms. The summed E-state index contributed by atoms with van der Waals surface area (Å²) in [5.41, 5.74) is 5.51. The van der Waals surface area contributed by atoms with Crippen LogP contribution in [0.5, 0.6) is 0 Å². The number of nitrogen functional groups attached to an aromatic ring is 1. The lowest BCUT2D eigenvalue weighted by molar-refractivity contribution is 0.573. The van der Waals surface area contributed by atoms with Crippen LogP contribution in [0, 0.1) is 0 Å². The van der Waals surface area contributed by atoms with Gasteiger partial charge in [0.2, 0.25) is 0 Å². The van der Waals surface area contributed by atoms with Crippen LogP contribution in [0.4, 0.5) is 5.82 Å². The highest BCUT2D eigenvalue weighted by atomic mass is 79.9. The van der Waals surface area contributed by atoms with Crippen molar-refractivity contribution in [1.29, 1.82) is 0 Å². The van der Waals surface area contributed by atoms with Gasteiger partial charge in [0.25, 0.3) is 0 Å². The van der Waals surface area contributed by atoms with Crippen LogP contribution >= 0.6 is 15.9 Å². The number of halogens is 1. The minimum absolute atomic E-state index is 0.0816. The zero-order valence-electron chi connectivity index (χ0n) is 8.64. The SMILES string of the molecule is CC(C)S(=O)(=O)CCn1cc(Br)c(N)n1. The quantitative estimate of drug-likeness (QED) is 0.901. The molecule has 1 aromatic heterocycles. The first-order valence-electron chi connectivity index (χ1n) is 4.53. The smallest absolute Gasteiger partial charge is 0.159 e. The third-order valence-electron chi connectivity index (χ3n) is 2.07. The zero-order chi connectivity index (χ0) is 11.6. The van der Waals surface area contributed by atoms with E-state index >= 15 is 0 Å². The summed E-state index contributed by atoms with van der Waals surface area (Å²) in [5.74, 6) is 0.454. The Balaban J connectivity index is 2.66. The van der Waals surface area contributed by atoms with Gasteiger partial charge in [-0.05, 0) is 29.8 Å². The molecular weight excluding hydrogens is 282 g/mol. The maximum absolute atomic E-state index is 11.5. The highest BCUT2D eigenvalue weighted by Crippen LogP contribution is 2.16. The summed E-state index contributed by atoms with van der Waals surface area (Å²) >= 11 is 3.21. The van der Waals surface area contributed by atoms with Crippen molar-refractivity contribution < 1.29 is 8.42 Å². The Kier molecular flexibility index (Phi) is 3.77. The fourth-order valence-corrected chi connectivity index (χ4v) is 2.21. The molecule has 0 saturated carbocycles. The molecule has 0 aliphatic rings. The summed E-state index contributed by atoms with van der Waals surface area (Å²) in [7, 11) is -3.02. The Hall–Kier alpha value is -0.560. The standard InChI is InChI=1S/C8H14BrN3O2S/c1-6(2)15(13,14)4-3-12-5-7(9)8(10)11-12/h5-6H,3-4H2,1-2H3,(H2,10,11). The lowest BCUT2D eigenvalue weighted by Gasteiger charge is -2.06. The van der Waals surface area contributed by atoms with Gasteiger partial charge in [-0.2, -0.15) is 5.10 Å². The van der Waals surface area contributed by atoms with Gasteiger partial charge in [-0.15, -0.1) is 0 Å². The maximum Gasteiger partial charge on any atom is 0.159 e. The van der Waals surface area contributed by atoms with Crippen LogP contribution in [0.1, 0.15) is 13.8 Å². The number of nitrogens with two attached hydrogens (primary N) is 1. The number of sulfone groups is 1. The number of nitrogens with zero attached hydrogens (tertiary/aromatic N) is 2. The third-order valence-corrected chi connectivity index (χ3v) is 4.87. The number of aryl methyl sites for hydroxylation is 1. The van der Waals surface area contributed by atoms with Crippen molar-refractivity contribution in [3.63, 3.8) is 0 Å². The minimum Gasteiger partial charge on any atom is -0.381 e. The summed E-state index contributed by atoms with van der Waals surface area (Å²) < 4.78 is 25.2.